The number of fused-ring (bicyclic) bond motifs is 1. The molecule has 1 amide bonds. The molecule has 0 spiro atoms. The van der Waals surface area contributed by atoms with Crippen LogP contribution in [0.5, 0.6) is 0 Å². The quantitative estimate of drug-likeness (QED) is 0.726. The van der Waals surface area contributed by atoms with E-state index in [1.54, 1.807) is 4.57 Å². The number of hydrogen-bond donors (Lipinski definition) is 2. The average Bonchev–Trinajstić information content (AvgIpc) is 2.95. The van der Waals surface area contributed by atoms with E-state index in [0.29, 0.717) is 18.7 Å². The minimum Gasteiger partial charge on any atom is -0.477 e. The maximum Gasteiger partial charge on any atom is 0.352 e. The number of nitrogens with one attached hydrogen (secondary N) is 1. The molecule has 1 heterocycles. The van der Waals surface area contributed by atoms with Gasteiger partial charge in [-0.3, -0.25) is 4.79 Å². The van der Waals surface area contributed by atoms with Crippen LogP contribution in [-0.2, 0) is 24.3 Å². The van der Waals surface area contributed by atoms with E-state index < -0.39 is 5.97 Å². The van der Waals surface area contributed by atoms with Crippen LogP contribution < -0.4 is 5.32 Å². The van der Waals surface area contributed by atoms with Crippen molar-refractivity contribution in [3.63, 3.8) is 0 Å². The van der Waals surface area contributed by atoms with Crippen LogP contribution in [0.4, 0.5) is 0 Å². The summed E-state index contributed by atoms with van der Waals surface area (Å²) in [5.41, 5.74) is 2.60. The number of carboxylic acid groups (broad SMARTS) is 1. The molecule has 3 rings (SSSR count). The lowest BCUT2D eigenvalue weighted by molar-refractivity contribution is -0.120. The standard InChI is InChI=1S/C20H20N2O3/c1-2-22-17-11-7-6-10-15(17)16(19(22)20(24)25)12-18(23)21-13-14-8-4-3-5-9-14/h3-11H,2,12-13H2,1H3,(H,21,23)(H,24,25). The smallest absolute Gasteiger partial charge is 0.352 e. The van der Waals surface area contributed by atoms with E-state index in [9.17, 15) is 14.7 Å². The zero-order chi connectivity index (χ0) is 17.8. The van der Waals surface area contributed by atoms with E-state index in [1.807, 2.05) is 61.5 Å². The van der Waals surface area contributed by atoms with Gasteiger partial charge in [0.1, 0.15) is 5.69 Å². The normalized spacial score (nSPS) is 10.8. The van der Waals surface area contributed by atoms with Gasteiger partial charge >= 0.3 is 5.97 Å². The fourth-order valence-electron chi connectivity index (χ4n) is 3.15. The number of para-hydroxylation sites is 1. The second-order valence-electron chi connectivity index (χ2n) is 5.83. The Kier molecular flexibility index (Phi) is 4.84. The van der Waals surface area contributed by atoms with E-state index in [1.165, 1.54) is 0 Å². The zero-order valence-electron chi connectivity index (χ0n) is 14.0. The Morgan fingerprint density at radius 1 is 1.04 bits per heavy atom. The highest BCUT2D eigenvalue weighted by Crippen LogP contribution is 2.27. The Morgan fingerprint density at radius 3 is 2.40 bits per heavy atom. The molecule has 0 fully saturated rings. The van der Waals surface area contributed by atoms with Gasteiger partial charge in [0.15, 0.2) is 0 Å². The summed E-state index contributed by atoms with van der Waals surface area (Å²) in [5, 5.41) is 13.3. The van der Waals surface area contributed by atoms with Crippen LogP contribution in [0.25, 0.3) is 10.9 Å². The summed E-state index contributed by atoms with van der Waals surface area (Å²) in [6.07, 6.45) is 0.0436. The van der Waals surface area contributed by atoms with E-state index in [-0.39, 0.29) is 18.0 Å². The largest absolute Gasteiger partial charge is 0.477 e. The number of nitrogens with zero attached hydrogens (tertiary/aromatic N) is 1. The minimum absolute atomic E-state index is 0.0436. The second kappa shape index (κ2) is 7.21. The SMILES string of the molecule is CCn1c(C(=O)O)c(CC(=O)NCc2ccccc2)c2ccccc21. The lowest BCUT2D eigenvalue weighted by Crippen LogP contribution is -2.25. The summed E-state index contributed by atoms with van der Waals surface area (Å²) < 4.78 is 1.75. The van der Waals surface area contributed by atoms with Crippen LogP contribution in [0.3, 0.4) is 0 Å². The molecule has 25 heavy (non-hydrogen) atoms. The van der Waals surface area contributed by atoms with Gasteiger partial charge in [-0.2, -0.15) is 0 Å². The van der Waals surface area contributed by atoms with Crippen molar-refractivity contribution in [2.75, 3.05) is 0 Å². The number of rotatable bonds is 6. The average molecular weight is 336 g/mol. The predicted octanol–water partition coefficient (Wildman–Crippen LogP) is 3.22. The maximum absolute atomic E-state index is 12.4. The molecule has 0 saturated carbocycles. The minimum atomic E-state index is -1.01. The first kappa shape index (κ1) is 16.8. The Morgan fingerprint density at radius 2 is 1.72 bits per heavy atom. The number of carbonyl (C=O) groups excluding carboxylic acids is 1. The van der Waals surface area contributed by atoms with Crippen molar-refractivity contribution in [1.82, 2.24) is 9.88 Å². The lowest BCUT2D eigenvalue weighted by atomic mass is 10.1. The van der Waals surface area contributed by atoms with Crippen molar-refractivity contribution < 1.29 is 14.7 Å². The topological polar surface area (TPSA) is 71.3 Å². The second-order valence-corrected chi connectivity index (χ2v) is 5.83. The van der Waals surface area contributed by atoms with Crippen LogP contribution in [-0.4, -0.2) is 21.6 Å². The van der Waals surface area contributed by atoms with Crippen molar-refractivity contribution >= 4 is 22.8 Å². The van der Waals surface area contributed by atoms with Gasteiger partial charge in [-0.25, -0.2) is 4.79 Å². The van der Waals surface area contributed by atoms with Crippen LogP contribution in [0, 0.1) is 0 Å². The first-order valence-electron chi connectivity index (χ1n) is 8.25. The summed E-state index contributed by atoms with van der Waals surface area (Å²) in [4.78, 5) is 24.2. The number of amides is 1. The molecule has 0 atom stereocenters. The van der Waals surface area contributed by atoms with Gasteiger partial charge in [0.25, 0.3) is 0 Å². The fraction of sp³-hybridized carbons (Fsp3) is 0.200. The van der Waals surface area contributed by atoms with Gasteiger partial charge in [-0.1, -0.05) is 48.5 Å². The van der Waals surface area contributed by atoms with Gasteiger partial charge in [0.05, 0.1) is 6.42 Å². The number of hydrogen-bond acceptors (Lipinski definition) is 2. The van der Waals surface area contributed by atoms with Crippen molar-refractivity contribution in [2.24, 2.45) is 0 Å². The van der Waals surface area contributed by atoms with Gasteiger partial charge in [0.2, 0.25) is 5.91 Å². The molecule has 2 N–H and O–H groups in total. The summed E-state index contributed by atoms with van der Waals surface area (Å²) in [6, 6.07) is 17.1. The summed E-state index contributed by atoms with van der Waals surface area (Å²) in [6.45, 7) is 2.86. The molecular formula is C20H20N2O3. The molecule has 0 radical (unpaired) electrons. The monoisotopic (exact) mass is 336 g/mol. The first-order valence-corrected chi connectivity index (χ1v) is 8.25. The highest BCUT2D eigenvalue weighted by Gasteiger charge is 2.23. The predicted molar refractivity (Wildman–Crippen MR) is 96.6 cm³/mol. The summed E-state index contributed by atoms with van der Waals surface area (Å²) >= 11 is 0. The van der Waals surface area contributed by atoms with E-state index >= 15 is 0 Å². The molecule has 5 nitrogen and oxygen atoms in total. The Labute approximate surface area is 145 Å². The molecule has 5 heteroatoms. The molecule has 2 aromatic carbocycles. The number of aromatic nitrogens is 1. The molecule has 0 unspecified atom stereocenters. The van der Waals surface area contributed by atoms with Gasteiger partial charge < -0.3 is 15.0 Å². The maximum atomic E-state index is 12.4. The number of aryl methyl sites for hydroxylation is 1. The van der Waals surface area contributed by atoms with E-state index in [2.05, 4.69) is 5.32 Å². The first-order chi connectivity index (χ1) is 12.1. The molecule has 3 aromatic rings. The van der Waals surface area contributed by atoms with Gasteiger partial charge in [-0.15, -0.1) is 0 Å². The summed E-state index contributed by atoms with van der Waals surface area (Å²) in [7, 11) is 0. The van der Waals surface area contributed by atoms with Gasteiger partial charge in [-0.05, 0) is 18.6 Å². The van der Waals surface area contributed by atoms with Crippen LogP contribution >= 0.6 is 0 Å². The molecule has 0 saturated heterocycles. The third kappa shape index (κ3) is 3.40. The van der Waals surface area contributed by atoms with Crippen LogP contribution in [0.15, 0.2) is 54.6 Å². The highest BCUT2D eigenvalue weighted by atomic mass is 16.4. The number of aromatic carboxylic acids is 1. The fourth-order valence-corrected chi connectivity index (χ4v) is 3.15. The zero-order valence-corrected chi connectivity index (χ0v) is 14.0. The Hall–Kier alpha value is -3.08. The van der Waals surface area contributed by atoms with E-state index in [4.69, 9.17) is 0 Å². The van der Waals surface area contributed by atoms with Gasteiger partial charge in [0, 0.05) is 29.6 Å². The molecule has 0 bridgehead atoms. The van der Waals surface area contributed by atoms with Crippen LogP contribution in [0.2, 0.25) is 0 Å². The Balaban J connectivity index is 1.88. The van der Waals surface area contributed by atoms with E-state index in [0.717, 1.165) is 16.5 Å². The number of carbonyl (C=O) groups is 2. The third-order valence-corrected chi connectivity index (χ3v) is 4.26. The van der Waals surface area contributed by atoms with Crippen molar-refractivity contribution in [1.29, 1.82) is 0 Å². The Bertz CT molecular complexity index is 913. The lowest BCUT2D eigenvalue weighted by Gasteiger charge is -2.07. The molecule has 0 aliphatic heterocycles. The van der Waals surface area contributed by atoms with Crippen LogP contribution in [0.1, 0.15) is 28.5 Å². The summed E-state index contributed by atoms with van der Waals surface area (Å²) in [5.74, 6) is -1.20. The molecule has 128 valence electrons. The third-order valence-electron chi connectivity index (χ3n) is 4.26. The number of carboxylic acids is 1. The number of benzene rings is 2. The van der Waals surface area contributed by atoms with Crippen molar-refractivity contribution in [3.8, 4) is 0 Å². The molecule has 1 aromatic heterocycles. The molecular weight excluding hydrogens is 316 g/mol. The molecule has 0 aliphatic carbocycles. The highest BCUT2D eigenvalue weighted by molar-refractivity contribution is 6.00. The van der Waals surface area contributed by atoms with Crippen molar-refractivity contribution in [3.05, 3.63) is 71.4 Å². The van der Waals surface area contributed by atoms with Crippen molar-refractivity contribution in [2.45, 2.75) is 26.4 Å². The molecule has 0 aliphatic rings.